The maximum atomic E-state index is 7.01. The summed E-state index contributed by atoms with van der Waals surface area (Å²) in [5.74, 6) is 2.25. The van der Waals surface area contributed by atoms with Gasteiger partial charge in [-0.05, 0) is 62.7 Å². The second kappa shape index (κ2) is 9.70. The van der Waals surface area contributed by atoms with Crippen LogP contribution in [0.3, 0.4) is 0 Å². The fraction of sp³-hybridized carbons (Fsp3) is 0.657. The summed E-state index contributed by atoms with van der Waals surface area (Å²) < 4.78 is 7.01. The third-order valence-electron chi connectivity index (χ3n) is 8.68. The number of rotatable bonds is 1. The van der Waals surface area contributed by atoms with Gasteiger partial charge in [0.15, 0.2) is 0 Å². The molecule has 2 aliphatic rings. The van der Waals surface area contributed by atoms with Gasteiger partial charge in [0.05, 0.1) is 0 Å². The molecule has 0 radical (unpaired) electrons. The number of fused-ring (bicyclic) bond motifs is 2. The first-order chi connectivity index (χ1) is 16.9. The molecule has 0 saturated heterocycles. The Balaban J connectivity index is 2.11. The summed E-state index contributed by atoms with van der Waals surface area (Å²) in [6, 6.07) is 10.1. The predicted molar refractivity (Wildman–Crippen MR) is 165 cm³/mol. The van der Waals surface area contributed by atoms with E-state index in [4.69, 9.17) is 4.52 Å². The Morgan fingerprint density at radius 3 is 1.57 bits per heavy atom. The van der Waals surface area contributed by atoms with Crippen molar-refractivity contribution in [2.75, 3.05) is 0 Å². The average Bonchev–Trinajstić information content (AvgIpc) is 2.92. The lowest BCUT2D eigenvalue weighted by molar-refractivity contribution is 0.325. The fourth-order valence-corrected chi connectivity index (χ4v) is 7.61. The molecule has 1 aliphatic heterocycles. The molecule has 0 bridgehead atoms. The molecule has 1 fully saturated rings. The third kappa shape index (κ3) is 5.83. The van der Waals surface area contributed by atoms with Crippen LogP contribution in [0.5, 0.6) is 5.75 Å². The van der Waals surface area contributed by atoms with E-state index < -0.39 is 0 Å². The molecule has 1 nitrogen and oxygen atoms in total. The zero-order valence-electron chi connectivity index (χ0n) is 25.9. The Bertz CT molecular complexity index is 1050. The van der Waals surface area contributed by atoms with Gasteiger partial charge in [-0.1, -0.05) is 127 Å². The van der Waals surface area contributed by atoms with Gasteiger partial charge >= 0.3 is 0 Å². The van der Waals surface area contributed by atoms with Crippen LogP contribution in [0.4, 0.5) is 0 Å². The first kappa shape index (κ1) is 28.7. The van der Waals surface area contributed by atoms with Gasteiger partial charge in [-0.25, -0.2) is 0 Å². The standard InChI is InChI=1S/C35H53OP/c1-32(2,3)23-18-25-29(22-16-14-13-15-17-22)26-19-24(33(4,5)6)21-28(35(10,11)12)31(26)37-36-30(25)27(20-23)34(7,8)9/h18-22,29,37H,13-17H2,1-12H3. The predicted octanol–water partition coefficient (Wildman–Crippen LogP) is 10.2. The smallest absolute Gasteiger partial charge is 0.130 e. The van der Waals surface area contributed by atoms with Crippen molar-refractivity contribution in [3.05, 3.63) is 57.6 Å². The summed E-state index contributed by atoms with van der Waals surface area (Å²) in [4.78, 5) is 0. The molecule has 0 N–H and O–H groups in total. The molecule has 1 saturated carbocycles. The van der Waals surface area contributed by atoms with Crippen LogP contribution in [-0.2, 0) is 21.7 Å². The molecule has 2 atom stereocenters. The molecule has 1 heterocycles. The Kier molecular flexibility index (Phi) is 7.51. The van der Waals surface area contributed by atoms with Crippen LogP contribution < -0.4 is 9.83 Å². The quantitative estimate of drug-likeness (QED) is 0.340. The summed E-state index contributed by atoms with van der Waals surface area (Å²) >= 11 is 0. The summed E-state index contributed by atoms with van der Waals surface area (Å²) in [5.41, 5.74) is 9.07. The van der Waals surface area contributed by atoms with E-state index in [-0.39, 0.29) is 21.7 Å². The van der Waals surface area contributed by atoms with E-state index in [1.165, 1.54) is 71.0 Å². The molecule has 4 rings (SSSR count). The number of hydrogen-bond donors (Lipinski definition) is 0. The van der Waals surface area contributed by atoms with E-state index in [2.05, 4.69) is 107 Å². The van der Waals surface area contributed by atoms with Gasteiger partial charge in [0.25, 0.3) is 0 Å². The topological polar surface area (TPSA) is 9.23 Å². The van der Waals surface area contributed by atoms with Crippen molar-refractivity contribution in [2.45, 2.75) is 143 Å². The van der Waals surface area contributed by atoms with Crippen molar-refractivity contribution >= 4 is 14.1 Å². The van der Waals surface area contributed by atoms with Crippen LogP contribution in [0.2, 0.25) is 0 Å². The molecular formula is C35H53OP. The fourth-order valence-electron chi connectivity index (χ4n) is 6.28. The minimum atomic E-state index is 0.0207. The highest BCUT2D eigenvalue weighted by atomic mass is 31.1. The van der Waals surface area contributed by atoms with Crippen molar-refractivity contribution in [1.29, 1.82) is 0 Å². The highest BCUT2D eigenvalue weighted by Gasteiger charge is 2.39. The SMILES string of the molecule is CC(C)(C)c1cc2c(c(C(C)(C)C)c1)OPc1c(cc(C(C)(C)C)cc1C(C)(C)C)C2C1CCCCC1. The van der Waals surface area contributed by atoms with Crippen LogP contribution in [0.15, 0.2) is 24.3 Å². The molecule has 2 unspecified atom stereocenters. The van der Waals surface area contributed by atoms with Gasteiger partial charge in [-0.3, -0.25) is 0 Å². The molecule has 37 heavy (non-hydrogen) atoms. The Morgan fingerprint density at radius 2 is 1.08 bits per heavy atom. The van der Waals surface area contributed by atoms with Crippen molar-refractivity contribution < 1.29 is 4.52 Å². The Morgan fingerprint density at radius 1 is 0.595 bits per heavy atom. The Labute approximate surface area is 230 Å². The van der Waals surface area contributed by atoms with E-state index in [1.54, 1.807) is 5.56 Å². The van der Waals surface area contributed by atoms with Gasteiger partial charge in [0, 0.05) is 22.3 Å². The van der Waals surface area contributed by atoms with Crippen LogP contribution >= 0.6 is 8.81 Å². The lowest BCUT2D eigenvalue weighted by Gasteiger charge is -2.36. The molecule has 0 aromatic heterocycles. The van der Waals surface area contributed by atoms with Crippen LogP contribution in [-0.4, -0.2) is 0 Å². The molecule has 2 heteroatoms. The number of hydrogen-bond acceptors (Lipinski definition) is 1. The monoisotopic (exact) mass is 520 g/mol. The lowest BCUT2D eigenvalue weighted by Crippen LogP contribution is -2.29. The van der Waals surface area contributed by atoms with Gasteiger partial charge in [-0.15, -0.1) is 0 Å². The van der Waals surface area contributed by atoms with E-state index >= 15 is 0 Å². The van der Waals surface area contributed by atoms with Gasteiger partial charge < -0.3 is 4.52 Å². The minimum absolute atomic E-state index is 0.0207. The third-order valence-corrected chi connectivity index (χ3v) is 9.75. The highest BCUT2D eigenvalue weighted by molar-refractivity contribution is 7.42. The average molecular weight is 521 g/mol. The maximum absolute atomic E-state index is 7.01. The van der Waals surface area contributed by atoms with Crippen molar-refractivity contribution in [3.8, 4) is 5.75 Å². The molecule has 204 valence electrons. The van der Waals surface area contributed by atoms with Crippen LogP contribution in [0.25, 0.3) is 0 Å². The Hall–Kier alpha value is -1.33. The van der Waals surface area contributed by atoms with E-state index in [1.807, 2.05) is 0 Å². The minimum Gasteiger partial charge on any atom is -0.472 e. The molecular weight excluding hydrogens is 467 g/mol. The summed E-state index contributed by atoms with van der Waals surface area (Å²) in [5, 5.41) is 1.48. The van der Waals surface area contributed by atoms with Crippen molar-refractivity contribution in [1.82, 2.24) is 0 Å². The summed E-state index contributed by atoms with van der Waals surface area (Å²) in [7, 11) is 0.344. The first-order valence-electron chi connectivity index (χ1n) is 14.7. The molecule has 1 aliphatic carbocycles. The largest absolute Gasteiger partial charge is 0.472 e. The zero-order chi connectivity index (χ0) is 27.6. The lowest BCUT2D eigenvalue weighted by atomic mass is 9.68. The summed E-state index contributed by atoms with van der Waals surface area (Å²) in [6.45, 7) is 28.4. The van der Waals surface area contributed by atoms with Gasteiger partial charge in [0.1, 0.15) is 14.6 Å². The first-order valence-corrected chi connectivity index (χ1v) is 15.6. The second-order valence-corrected chi connectivity index (χ2v) is 16.9. The molecule has 0 spiro atoms. The van der Waals surface area contributed by atoms with Gasteiger partial charge in [-0.2, -0.15) is 0 Å². The van der Waals surface area contributed by atoms with Crippen molar-refractivity contribution in [3.63, 3.8) is 0 Å². The van der Waals surface area contributed by atoms with E-state index in [0.29, 0.717) is 20.6 Å². The maximum Gasteiger partial charge on any atom is 0.130 e. The summed E-state index contributed by atoms with van der Waals surface area (Å²) in [6.07, 6.45) is 6.73. The van der Waals surface area contributed by atoms with Crippen molar-refractivity contribution in [2.24, 2.45) is 5.92 Å². The zero-order valence-corrected chi connectivity index (χ0v) is 26.9. The molecule has 2 aromatic rings. The van der Waals surface area contributed by atoms with Gasteiger partial charge in [0.2, 0.25) is 0 Å². The molecule has 2 aromatic carbocycles. The normalized spacial score (nSPS) is 20.3. The van der Waals surface area contributed by atoms with Crippen LogP contribution in [0, 0.1) is 5.92 Å². The highest BCUT2D eigenvalue weighted by Crippen LogP contribution is 2.52. The number of benzene rings is 2. The second-order valence-electron chi connectivity index (χ2n) is 16.0. The van der Waals surface area contributed by atoms with Crippen LogP contribution in [0.1, 0.15) is 154 Å². The van der Waals surface area contributed by atoms with E-state index in [0.717, 1.165) is 0 Å². The van der Waals surface area contributed by atoms with E-state index in [9.17, 15) is 0 Å². The molecule has 0 amide bonds.